The standard InChI is InChI=1S/C30H44O10/c1-9-10-13-37-26-23-24(38-18(5)32)17(4)14-30(23,40-20(7)34)27(36)28(8,39-19(6)33)25-21(16(2)3)11-12-22(35)29(25,26)15-31/h11-12,17,21-26,31,35H,2,9-10,13-15H2,1,3-8H3/t17-,21+,22+,23+,24-,25-,26+,28-,29+,30+/m0/s1. The van der Waals surface area contributed by atoms with Crippen LogP contribution in [0.1, 0.15) is 67.7 Å². The second-order valence-electron chi connectivity index (χ2n) is 11.9. The number of carbonyl (C=O) groups is 4. The first kappa shape index (κ1) is 32.0. The van der Waals surface area contributed by atoms with Crippen molar-refractivity contribution in [3.8, 4) is 0 Å². The van der Waals surface area contributed by atoms with E-state index in [4.69, 9.17) is 18.9 Å². The van der Waals surface area contributed by atoms with E-state index >= 15 is 4.79 Å². The first-order chi connectivity index (χ1) is 18.6. The van der Waals surface area contributed by atoms with Gasteiger partial charge in [0.25, 0.3) is 0 Å². The van der Waals surface area contributed by atoms with E-state index in [1.54, 1.807) is 19.9 Å². The lowest BCUT2D eigenvalue weighted by Gasteiger charge is -2.55. The fourth-order valence-corrected chi connectivity index (χ4v) is 7.69. The quantitative estimate of drug-likeness (QED) is 0.185. The number of esters is 3. The number of rotatable bonds is 9. The van der Waals surface area contributed by atoms with Crippen molar-refractivity contribution < 1.29 is 48.3 Å². The summed E-state index contributed by atoms with van der Waals surface area (Å²) in [6.07, 6.45) is 1.06. The fourth-order valence-electron chi connectivity index (χ4n) is 7.69. The molecule has 0 heterocycles. The summed E-state index contributed by atoms with van der Waals surface area (Å²) in [5.74, 6) is -6.18. The first-order valence-electron chi connectivity index (χ1n) is 14.0. The van der Waals surface area contributed by atoms with Gasteiger partial charge in [-0.3, -0.25) is 19.2 Å². The number of fused-ring (bicyclic) bond motifs is 2. The zero-order chi connectivity index (χ0) is 30.2. The predicted octanol–water partition coefficient (Wildman–Crippen LogP) is 2.68. The average molecular weight is 565 g/mol. The van der Waals surface area contributed by atoms with E-state index in [1.807, 2.05) is 6.92 Å². The predicted molar refractivity (Wildman–Crippen MR) is 144 cm³/mol. The molecule has 2 saturated carbocycles. The van der Waals surface area contributed by atoms with Gasteiger partial charge in [-0.25, -0.2) is 0 Å². The molecule has 0 aromatic heterocycles. The van der Waals surface area contributed by atoms with E-state index in [1.165, 1.54) is 33.8 Å². The Morgan fingerprint density at radius 3 is 2.20 bits per heavy atom. The number of aliphatic hydroxyl groups is 2. The van der Waals surface area contributed by atoms with Crippen molar-refractivity contribution >= 4 is 23.7 Å². The van der Waals surface area contributed by atoms with Crippen LogP contribution in [-0.4, -0.2) is 76.6 Å². The van der Waals surface area contributed by atoms with Crippen LogP contribution in [0.3, 0.4) is 0 Å². The second-order valence-corrected chi connectivity index (χ2v) is 11.9. The van der Waals surface area contributed by atoms with Crippen molar-refractivity contribution in [1.29, 1.82) is 0 Å². The van der Waals surface area contributed by atoms with Crippen molar-refractivity contribution in [3.63, 3.8) is 0 Å². The molecule has 0 amide bonds. The van der Waals surface area contributed by atoms with E-state index in [0.717, 1.165) is 6.42 Å². The molecule has 0 bridgehead atoms. The lowest BCUT2D eigenvalue weighted by atomic mass is 9.53. The molecule has 0 saturated heterocycles. The highest BCUT2D eigenvalue weighted by Crippen LogP contribution is 2.63. The number of aliphatic hydroxyl groups excluding tert-OH is 2. The van der Waals surface area contributed by atoms with Gasteiger partial charge in [-0.05, 0) is 26.2 Å². The highest BCUT2D eigenvalue weighted by atomic mass is 16.6. The normalized spacial score (nSPS) is 40.4. The van der Waals surface area contributed by atoms with E-state index in [0.29, 0.717) is 12.0 Å². The number of hydrogen-bond donors (Lipinski definition) is 2. The first-order valence-corrected chi connectivity index (χ1v) is 14.0. The van der Waals surface area contributed by atoms with Gasteiger partial charge in [0.1, 0.15) is 6.10 Å². The van der Waals surface area contributed by atoms with Gasteiger partial charge < -0.3 is 29.2 Å². The molecule has 0 spiro atoms. The van der Waals surface area contributed by atoms with Gasteiger partial charge in [0.15, 0.2) is 11.2 Å². The van der Waals surface area contributed by atoms with Crippen molar-refractivity contribution in [2.45, 2.75) is 97.2 Å². The van der Waals surface area contributed by atoms with Gasteiger partial charge in [0.2, 0.25) is 5.78 Å². The van der Waals surface area contributed by atoms with E-state index in [-0.39, 0.29) is 13.0 Å². The summed E-state index contributed by atoms with van der Waals surface area (Å²) in [5.41, 5.74) is -5.01. The Morgan fingerprint density at radius 1 is 1.07 bits per heavy atom. The van der Waals surface area contributed by atoms with Crippen LogP contribution in [0.25, 0.3) is 0 Å². The molecule has 10 nitrogen and oxygen atoms in total. The van der Waals surface area contributed by atoms with Crippen molar-refractivity contribution in [2.24, 2.45) is 29.1 Å². The van der Waals surface area contributed by atoms with Crippen LogP contribution in [0.5, 0.6) is 0 Å². The maximum absolute atomic E-state index is 15.0. The highest BCUT2D eigenvalue weighted by Gasteiger charge is 2.78. The molecule has 224 valence electrons. The number of ketones is 1. The molecule has 0 aromatic carbocycles. The van der Waals surface area contributed by atoms with Crippen LogP contribution in [0.15, 0.2) is 24.3 Å². The molecule has 0 radical (unpaired) electrons. The largest absolute Gasteiger partial charge is 0.462 e. The molecule has 2 fully saturated rings. The second kappa shape index (κ2) is 11.7. The van der Waals surface area contributed by atoms with Crippen LogP contribution in [0.2, 0.25) is 0 Å². The summed E-state index contributed by atoms with van der Waals surface area (Å²) >= 11 is 0. The van der Waals surface area contributed by atoms with Crippen molar-refractivity contribution in [1.82, 2.24) is 0 Å². The Hall–Kier alpha value is -2.56. The van der Waals surface area contributed by atoms with E-state index in [2.05, 4.69) is 6.58 Å². The van der Waals surface area contributed by atoms with E-state index in [9.17, 15) is 24.6 Å². The minimum atomic E-state index is -2.01. The number of allylic oxidation sites excluding steroid dienone is 2. The summed E-state index contributed by atoms with van der Waals surface area (Å²) in [4.78, 5) is 52.7. The SMILES string of the molecule is C=C(C)[C@H]1C=C[C@@H](O)[C@@]2(CO)[C@H](OCCCC)[C@H]3[C@@H](OC(C)=O)[C@@H](C)C[C@]3(OC(C)=O)C(=O)[C@@](C)(OC(C)=O)[C@H]12. The zero-order valence-electron chi connectivity index (χ0n) is 24.6. The van der Waals surface area contributed by atoms with Gasteiger partial charge in [-0.1, -0.05) is 44.6 Å². The monoisotopic (exact) mass is 564 g/mol. The molecular weight excluding hydrogens is 520 g/mol. The molecular formula is C30H44O10. The number of hydrogen-bond acceptors (Lipinski definition) is 10. The van der Waals surface area contributed by atoms with Crippen molar-refractivity contribution in [2.75, 3.05) is 13.2 Å². The molecule has 3 rings (SSSR count). The third-order valence-corrected chi connectivity index (χ3v) is 8.97. The topological polar surface area (TPSA) is 146 Å². The maximum Gasteiger partial charge on any atom is 0.303 e. The van der Waals surface area contributed by atoms with Gasteiger partial charge >= 0.3 is 17.9 Å². The fraction of sp³-hybridized carbons (Fsp3) is 0.733. The minimum Gasteiger partial charge on any atom is -0.462 e. The average Bonchev–Trinajstić information content (AvgIpc) is 3.08. The zero-order valence-corrected chi connectivity index (χ0v) is 24.6. The number of unbranched alkanes of at least 4 members (excludes halogenated alkanes) is 1. The molecule has 3 aliphatic carbocycles. The Kier molecular flexibility index (Phi) is 9.38. The van der Waals surface area contributed by atoms with Crippen LogP contribution >= 0.6 is 0 Å². The molecule has 10 heteroatoms. The summed E-state index contributed by atoms with van der Waals surface area (Å²) in [5, 5.41) is 23.1. The van der Waals surface area contributed by atoms with E-state index < -0.39 is 88.9 Å². The van der Waals surface area contributed by atoms with Gasteiger partial charge in [-0.2, -0.15) is 0 Å². The van der Waals surface area contributed by atoms with Crippen LogP contribution in [0.4, 0.5) is 0 Å². The smallest absolute Gasteiger partial charge is 0.303 e. The number of Topliss-reactive ketones (excluding diaryl/α,β-unsaturated/α-hetero) is 1. The Bertz CT molecular complexity index is 1070. The van der Waals surface area contributed by atoms with Crippen molar-refractivity contribution in [3.05, 3.63) is 24.3 Å². The Morgan fingerprint density at radius 2 is 1.70 bits per heavy atom. The van der Waals surface area contributed by atoms with Gasteiger partial charge in [0, 0.05) is 45.6 Å². The summed E-state index contributed by atoms with van der Waals surface area (Å²) in [6, 6.07) is 0. The summed E-state index contributed by atoms with van der Waals surface area (Å²) in [7, 11) is 0. The molecule has 0 aromatic rings. The van der Waals surface area contributed by atoms with Crippen LogP contribution in [0, 0.1) is 29.1 Å². The molecule has 0 aliphatic heterocycles. The van der Waals surface area contributed by atoms with Gasteiger partial charge in [0.05, 0.1) is 30.1 Å². The number of ether oxygens (including phenoxy) is 4. The molecule has 10 atom stereocenters. The molecule has 40 heavy (non-hydrogen) atoms. The van der Waals surface area contributed by atoms with Crippen LogP contribution < -0.4 is 0 Å². The highest BCUT2D eigenvalue weighted by molar-refractivity contribution is 5.99. The van der Waals surface area contributed by atoms with Gasteiger partial charge in [-0.15, -0.1) is 0 Å². The minimum absolute atomic E-state index is 0.0476. The lowest BCUT2D eigenvalue weighted by Crippen LogP contribution is -2.65. The third-order valence-electron chi connectivity index (χ3n) is 8.97. The Balaban J connectivity index is 2.52. The lowest BCUT2D eigenvalue weighted by molar-refractivity contribution is -0.219. The molecule has 3 aliphatic rings. The summed E-state index contributed by atoms with van der Waals surface area (Å²) < 4.78 is 24.2. The summed E-state index contributed by atoms with van der Waals surface area (Å²) in [6.45, 7) is 14.1. The Labute approximate surface area is 236 Å². The maximum atomic E-state index is 15.0. The number of carbonyl (C=O) groups excluding carboxylic acids is 4. The molecule has 0 unspecified atom stereocenters. The van der Waals surface area contributed by atoms with Crippen LogP contribution in [-0.2, 0) is 38.1 Å². The third kappa shape index (κ3) is 5.03. The molecule has 2 N–H and O–H groups in total.